The van der Waals surface area contributed by atoms with Gasteiger partial charge in [-0.3, -0.25) is 9.59 Å². The number of nitrogens with zero attached hydrogens (tertiary/aromatic N) is 2. The molecule has 0 radical (unpaired) electrons. The van der Waals surface area contributed by atoms with E-state index >= 15 is 0 Å². The molecule has 0 aliphatic carbocycles. The molecule has 9 nitrogen and oxygen atoms in total. The second-order valence-electron chi connectivity index (χ2n) is 6.03. The van der Waals surface area contributed by atoms with Crippen molar-refractivity contribution in [3.63, 3.8) is 0 Å². The summed E-state index contributed by atoms with van der Waals surface area (Å²) in [7, 11) is 3.06. The highest BCUT2D eigenvalue weighted by molar-refractivity contribution is 7.99. The largest absolute Gasteiger partial charge is 0.493 e. The lowest BCUT2D eigenvalue weighted by atomic mass is 10.2. The molecule has 1 aromatic carbocycles. The lowest BCUT2D eigenvalue weighted by molar-refractivity contribution is -0.121. The number of imidazole rings is 1. The molecule has 1 aromatic heterocycles. The molecule has 2 rings (SSSR count). The average Bonchev–Trinajstić information content (AvgIpc) is 3.11. The topological polar surface area (TPSA) is 115 Å². The molecule has 0 aliphatic rings. The monoisotopic (exact) mass is 422 g/mol. The maximum absolute atomic E-state index is 12.3. The Labute approximate surface area is 173 Å². The van der Waals surface area contributed by atoms with Crippen molar-refractivity contribution in [1.82, 2.24) is 14.9 Å². The minimum Gasteiger partial charge on any atom is -0.493 e. The van der Waals surface area contributed by atoms with Crippen LogP contribution >= 0.6 is 11.8 Å². The van der Waals surface area contributed by atoms with Crippen LogP contribution in [-0.4, -0.2) is 53.0 Å². The third-order valence-electron chi connectivity index (χ3n) is 3.94. The van der Waals surface area contributed by atoms with E-state index in [4.69, 9.17) is 9.47 Å². The van der Waals surface area contributed by atoms with Crippen LogP contribution in [0.25, 0.3) is 0 Å². The molecular weight excluding hydrogens is 396 g/mol. The SMILES string of the molecule is CCCNC(=O)Cn1c(CO)cnc1SCC(=O)Nc1ccc(OC)c(OC)c1. The summed E-state index contributed by atoms with van der Waals surface area (Å²) in [5.74, 6) is 0.764. The van der Waals surface area contributed by atoms with Crippen LogP contribution in [0.4, 0.5) is 5.69 Å². The van der Waals surface area contributed by atoms with Gasteiger partial charge >= 0.3 is 0 Å². The standard InChI is InChI=1S/C19H26N4O5S/c1-4-7-20-17(25)10-23-14(11-24)9-21-19(23)29-12-18(26)22-13-5-6-15(27-2)16(8-13)28-3/h5-6,8-9,24H,4,7,10-12H2,1-3H3,(H,20,25)(H,22,26). The second-order valence-corrected chi connectivity index (χ2v) is 6.98. The number of aromatic nitrogens is 2. The first kappa shape index (κ1) is 22.6. The highest BCUT2D eigenvalue weighted by atomic mass is 32.2. The van der Waals surface area contributed by atoms with Crippen LogP contribution in [-0.2, 0) is 22.7 Å². The molecule has 0 aliphatic heterocycles. The van der Waals surface area contributed by atoms with Gasteiger partial charge in [0.1, 0.15) is 6.54 Å². The van der Waals surface area contributed by atoms with Crippen molar-refractivity contribution in [3.05, 3.63) is 30.1 Å². The first-order chi connectivity index (χ1) is 14.0. The molecule has 0 fully saturated rings. The minimum absolute atomic E-state index is 0.0372. The normalized spacial score (nSPS) is 10.5. The van der Waals surface area contributed by atoms with E-state index in [1.807, 2.05) is 6.92 Å². The number of nitrogens with one attached hydrogen (secondary N) is 2. The number of benzene rings is 1. The van der Waals surface area contributed by atoms with E-state index in [1.54, 1.807) is 22.8 Å². The molecule has 1 heterocycles. The van der Waals surface area contributed by atoms with E-state index in [-0.39, 0.29) is 30.7 Å². The number of anilines is 1. The third kappa shape index (κ3) is 6.40. The smallest absolute Gasteiger partial charge is 0.240 e. The zero-order valence-corrected chi connectivity index (χ0v) is 17.5. The van der Waals surface area contributed by atoms with E-state index in [0.717, 1.165) is 6.42 Å². The molecule has 29 heavy (non-hydrogen) atoms. The summed E-state index contributed by atoms with van der Waals surface area (Å²) in [5, 5.41) is 15.5. The molecule has 2 amide bonds. The van der Waals surface area contributed by atoms with Gasteiger partial charge in [0.15, 0.2) is 16.7 Å². The van der Waals surface area contributed by atoms with Gasteiger partial charge in [0.05, 0.1) is 38.5 Å². The zero-order valence-electron chi connectivity index (χ0n) is 16.7. The fraction of sp³-hybridized carbons (Fsp3) is 0.421. The first-order valence-corrected chi connectivity index (χ1v) is 10.1. The average molecular weight is 423 g/mol. The molecule has 10 heteroatoms. The predicted octanol–water partition coefficient (Wildman–Crippen LogP) is 1.65. The number of amides is 2. The quantitative estimate of drug-likeness (QED) is 0.472. The van der Waals surface area contributed by atoms with Gasteiger partial charge in [0.2, 0.25) is 11.8 Å². The maximum atomic E-state index is 12.3. The molecule has 0 unspecified atom stereocenters. The summed E-state index contributed by atoms with van der Waals surface area (Å²) < 4.78 is 12.0. The van der Waals surface area contributed by atoms with Gasteiger partial charge in [-0.05, 0) is 18.6 Å². The Hall–Kier alpha value is -2.72. The van der Waals surface area contributed by atoms with Gasteiger partial charge in [-0.25, -0.2) is 4.98 Å². The van der Waals surface area contributed by atoms with Crippen LogP contribution in [0, 0.1) is 0 Å². The lowest BCUT2D eigenvalue weighted by Crippen LogP contribution is -2.29. The number of aliphatic hydroxyl groups excluding tert-OH is 1. The number of carbonyl (C=O) groups is 2. The zero-order chi connectivity index (χ0) is 21.2. The Bertz CT molecular complexity index is 840. The summed E-state index contributed by atoms with van der Waals surface area (Å²) in [5.41, 5.74) is 1.09. The second kappa shape index (κ2) is 11.3. The number of methoxy groups -OCH3 is 2. The Morgan fingerprint density at radius 2 is 1.97 bits per heavy atom. The summed E-state index contributed by atoms with van der Waals surface area (Å²) in [6, 6.07) is 5.09. The number of hydrogen-bond acceptors (Lipinski definition) is 7. The molecule has 2 aromatic rings. The number of hydrogen-bond donors (Lipinski definition) is 3. The molecule has 0 atom stereocenters. The number of thioether (sulfide) groups is 1. The first-order valence-electron chi connectivity index (χ1n) is 9.09. The number of ether oxygens (including phenoxy) is 2. The van der Waals surface area contributed by atoms with Crippen LogP contribution < -0.4 is 20.1 Å². The van der Waals surface area contributed by atoms with Crippen LogP contribution in [0.2, 0.25) is 0 Å². The van der Waals surface area contributed by atoms with Gasteiger partial charge in [-0.1, -0.05) is 18.7 Å². The minimum atomic E-state index is -0.244. The van der Waals surface area contributed by atoms with E-state index < -0.39 is 0 Å². The predicted molar refractivity (Wildman–Crippen MR) is 110 cm³/mol. The van der Waals surface area contributed by atoms with Gasteiger partial charge < -0.3 is 29.8 Å². The van der Waals surface area contributed by atoms with Crippen LogP contribution in [0.15, 0.2) is 29.6 Å². The van der Waals surface area contributed by atoms with E-state index in [1.165, 1.54) is 32.2 Å². The van der Waals surface area contributed by atoms with Crippen molar-refractivity contribution in [2.75, 3.05) is 31.8 Å². The van der Waals surface area contributed by atoms with Gasteiger partial charge in [0.25, 0.3) is 0 Å². The molecule has 158 valence electrons. The highest BCUT2D eigenvalue weighted by Gasteiger charge is 2.15. The van der Waals surface area contributed by atoms with Crippen molar-refractivity contribution in [2.45, 2.75) is 31.7 Å². The number of aliphatic hydroxyl groups is 1. The summed E-state index contributed by atoms with van der Waals surface area (Å²) in [6.45, 7) is 2.34. The van der Waals surface area contributed by atoms with E-state index in [2.05, 4.69) is 15.6 Å². The fourth-order valence-electron chi connectivity index (χ4n) is 2.51. The molecule has 3 N–H and O–H groups in total. The number of rotatable bonds is 11. The van der Waals surface area contributed by atoms with Crippen molar-refractivity contribution in [3.8, 4) is 11.5 Å². The van der Waals surface area contributed by atoms with Crippen LogP contribution in [0.3, 0.4) is 0 Å². The fourth-order valence-corrected chi connectivity index (χ4v) is 3.30. The van der Waals surface area contributed by atoms with Crippen molar-refractivity contribution in [2.24, 2.45) is 0 Å². The van der Waals surface area contributed by atoms with Gasteiger partial charge in [-0.2, -0.15) is 0 Å². The van der Waals surface area contributed by atoms with Crippen molar-refractivity contribution < 1.29 is 24.2 Å². The van der Waals surface area contributed by atoms with Crippen LogP contribution in [0.1, 0.15) is 19.0 Å². The Balaban J connectivity index is 1.99. The summed E-state index contributed by atoms with van der Waals surface area (Å²) in [6.07, 6.45) is 2.34. The van der Waals surface area contributed by atoms with Crippen LogP contribution in [0.5, 0.6) is 11.5 Å². The van der Waals surface area contributed by atoms with Gasteiger partial charge in [0, 0.05) is 18.3 Å². The highest BCUT2D eigenvalue weighted by Crippen LogP contribution is 2.30. The summed E-state index contributed by atoms with van der Waals surface area (Å²) in [4.78, 5) is 28.6. The van der Waals surface area contributed by atoms with Crippen molar-refractivity contribution >= 4 is 29.3 Å². The Morgan fingerprint density at radius 3 is 2.62 bits per heavy atom. The molecule has 0 bridgehead atoms. The van der Waals surface area contributed by atoms with Gasteiger partial charge in [-0.15, -0.1) is 0 Å². The van der Waals surface area contributed by atoms with E-state index in [9.17, 15) is 14.7 Å². The molecular formula is C19H26N4O5S. The Kier molecular flexibility index (Phi) is 8.81. The lowest BCUT2D eigenvalue weighted by Gasteiger charge is -2.12. The molecule has 0 saturated carbocycles. The van der Waals surface area contributed by atoms with E-state index in [0.29, 0.717) is 34.6 Å². The Morgan fingerprint density at radius 1 is 1.21 bits per heavy atom. The summed E-state index contributed by atoms with van der Waals surface area (Å²) >= 11 is 1.19. The van der Waals surface area contributed by atoms with Crippen molar-refractivity contribution in [1.29, 1.82) is 0 Å². The maximum Gasteiger partial charge on any atom is 0.240 e. The number of carbonyl (C=O) groups excluding carboxylic acids is 2. The molecule has 0 spiro atoms. The molecule has 0 saturated heterocycles. The third-order valence-corrected chi connectivity index (χ3v) is 4.93.